The van der Waals surface area contributed by atoms with Gasteiger partial charge in [-0.15, -0.1) is 0 Å². The minimum Gasteiger partial charge on any atom is -0.387 e. The maximum Gasteiger partial charge on any atom is 0.248 e. The molecule has 1 amide bonds. The van der Waals surface area contributed by atoms with Crippen molar-refractivity contribution in [2.45, 2.75) is 0 Å². The van der Waals surface area contributed by atoms with E-state index in [9.17, 15) is 4.79 Å². The average Bonchev–Trinajstić information content (AvgIpc) is 2.05. The highest BCUT2D eigenvalue weighted by Crippen LogP contribution is 2.05. The van der Waals surface area contributed by atoms with E-state index in [0.717, 1.165) is 26.2 Å². The second-order valence-corrected chi connectivity index (χ2v) is 3.81. The van der Waals surface area contributed by atoms with Crippen LogP contribution in [0.5, 0.6) is 0 Å². The van der Waals surface area contributed by atoms with Gasteiger partial charge in [-0.25, -0.2) is 3.11 Å². The van der Waals surface area contributed by atoms with Crippen molar-refractivity contribution >= 4 is 28.8 Å². The molecular formula is C6H11IN2O2. The van der Waals surface area contributed by atoms with Crippen molar-refractivity contribution in [2.75, 3.05) is 32.8 Å². The van der Waals surface area contributed by atoms with Gasteiger partial charge in [0.25, 0.3) is 0 Å². The lowest BCUT2D eigenvalue weighted by Gasteiger charge is -2.30. The zero-order chi connectivity index (χ0) is 8.27. The standard InChI is InChI=1S/C6H11IN2O2/c7-9-3-1-8(2-4-9)6(11)5-10/h10H,1-5H2. The smallest absolute Gasteiger partial charge is 0.248 e. The maximum absolute atomic E-state index is 10.9. The predicted molar refractivity (Wildman–Crippen MR) is 49.3 cm³/mol. The van der Waals surface area contributed by atoms with Crippen molar-refractivity contribution in [1.82, 2.24) is 8.01 Å². The Morgan fingerprint density at radius 1 is 1.36 bits per heavy atom. The van der Waals surface area contributed by atoms with E-state index >= 15 is 0 Å². The maximum atomic E-state index is 10.9. The van der Waals surface area contributed by atoms with E-state index in [-0.39, 0.29) is 12.5 Å². The summed E-state index contributed by atoms with van der Waals surface area (Å²) in [6.07, 6.45) is 0. The third-order valence-corrected chi connectivity index (χ3v) is 2.68. The highest BCUT2D eigenvalue weighted by atomic mass is 127. The van der Waals surface area contributed by atoms with Gasteiger partial charge < -0.3 is 10.0 Å². The molecule has 0 unspecified atom stereocenters. The fourth-order valence-corrected chi connectivity index (χ4v) is 1.46. The lowest BCUT2D eigenvalue weighted by molar-refractivity contribution is -0.135. The minimum absolute atomic E-state index is 0.158. The zero-order valence-corrected chi connectivity index (χ0v) is 8.32. The molecule has 1 N–H and O–H groups in total. The molecule has 1 aliphatic rings. The molecule has 1 heterocycles. The lowest BCUT2D eigenvalue weighted by atomic mass is 10.3. The Bertz CT molecular complexity index is 146. The average molecular weight is 270 g/mol. The first-order valence-corrected chi connectivity index (χ1v) is 4.50. The number of amides is 1. The third kappa shape index (κ3) is 2.57. The zero-order valence-electron chi connectivity index (χ0n) is 6.16. The van der Waals surface area contributed by atoms with Gasteiger partial charge in [0.05, 0.1) is 0 Å². The summed E-state index contributed by atoms with van der Waals surface area (Å²) in [4.78, 5) is 12.6. The van der Waals surface area contributed by atoms with Crippen LogP contribution in [0.25, 0.3) is 0 Å². The Morgan fingerprint density at radius 3 is 2.36 bits per heavy atom. The number of halogens is 1. The van der Waals surface area contributed by atoms with E-state index in [1.807, 2.05) is 0 Å². The number of nitrogens with zero attached hydrogens (tertiary/aromatic N) is 2. The second kappa shape index (κ2) is 4.22. The van der Waals surface area contributed by atoms with Crippen molar-refractivity contribution in [3.63, 3.8) is 0 Å². The highest BCUT2D eigenvalue weighted by Gasteiger charge is 2.18. The van der Waals surface area contributed by atoms with E-state index in [2.05, 4.69) is 26.0 Å². The summed E-state index contributed by atoms with van der Waals surface area (Å²) in [6, 6.07) is 0. The van der Waals surface area contributed by atoms with Crippen molar-refractivity contribution in [1.29, 1.82) is 0 Å². The number of aliphatic hydroxyl groups is 1. The topological polar surface area (TPSA) is 43.8 Å². The summed E-state index contributed by atoms with van der Waals surface area (Å²) in [7, 11) is 0. The second-order valence-electron chi connectivity index (χ2n) is 2.45. The first-order chi connectivity index (χ1) is 5.24. The summed E-state index contributed by atoms with van der Waals surface area (Å²) < 4.78 is 2.14. The van der Waals surface area contributed by atoms with Crippen molar-refractivity contribution in [3.05, 3.63) is 0 Å². The van der Waals surface area contributed by atoms with Crippen LogP contribution in [0.1, 0.15) is 0 Å². The molecule has 0 radical (unpaired) electrons. The lowest BCUT2D eigenvalue weighted by Crippen LogP contribution is -2.46. The SMILES string of the molecule is O=C(CO)N1CCN(I)CC1. The van der Waals surface area contributed by atoms with Gasteiger partial charge in [-0.2, -0.15) is 0 Å². The summed E-state index contributed by atoms with van der Waals surface area (Å²) in [6.45, 7) is 2.91. The van der Waals surface area contributed by atoms with Crippen LogP contribution in [0.2, 0.25) is 0 Å². The van der Waals surface area contributed by atoms with Crippen LogP contribution >= 0.6 is 22.9 Å². The van der Waals surface area contributed by atoms with E-state index < -0.39 is 0 Å². The van der Waals surface area contributed by atoms with Gasteiger partial charge in [-0.3, -0.25) is 4.79 Å². The molecular weight excluding hydrogens is 259 g/mol. The van der Waals surface area contributed by atoms with Crippen LogP contribution in [-0.2, 0) is 4.79 Å². The number of carbonyl (C=O) groups excluding carboxylic acids is 1. The Morgan fingerprint density at radius 2 is 1.91 bits per heavy atom. The monoisotopic (exact) mass is 270 g/mol. The molecule has 1 fully saturated rings. The van der Waals surface area contributed by atoms with Gasteiger partial charge in [-0.05, 0) is 0 Å². The number of piperazine rings is 1. The van der Waals surface area contributed by atoms with E-state index in [1.165, 1.54) is 0 Å². The minimum atomic E-state index is -0.360. The summed E-state index contributed by atoms with van der Waals surface area (Å²) in [5.74, 6) is -0.158. The Hall–Kier alpha value is 0.120. The van der Waals surface area contributed by atoms with E-state index in [1.54, 1.807) is 4.90 Å². The Labute approximate surface area is 79.7 Å². The summed E-state index contributed by atoms with van der Waals surface area (Å²) in [5, 5.41) is 8.55. The quantitative estimate of drug-likeness (QED) is 0.514. The molecule has 1 aliphatic heterocycles. The molecule has 11 heavy (non-hydrogen) atoms. The number of carbonyl (C=O) groups is 1. The van der Waals surface area contributed by atoms with Crippen LogP contribution in [0, 0.1) is 0 Å². The molecule has 0 aliphatic carbocycles. The molecule has 1 rings (SSSR count). The molecule has 0 atom stereocenters. The normalized spacial score (nSPS) is 20.4. The molecule has 0 aromatic carbocycles. The molecule has 0 aromatic heterocycles. The highest BCUT2D eigenvalue weighted by molar-refractivity contribution is 14.1. The van der Waals surface area contributed by atoms with Gasteiger partial charge in [0.1, 0.15) is 6.61 Å². The molecule has 0 spiro atoms. The molecule has 0 saturated carbocycles. The molecule has 1 saturated heterocycles. The van der Waals surface area contributed by atoms with Crippen molar-refractivity contribution in [3.8, 4) is 0 Å². The fraction of sp³-hybridized carbons (Fsp3) is 0.833. The van der Waals surface area contributed by atoms with Crippen molar-refractivity contribution < 1.29 is 9.90 Å². The Kier molecular flexibility index (Phi) is 3.53. The first-order valence-electron chi connectivity index (χ1n) is 3.53. The predicted octanol–water partition coefficient (Wildman–Crippen LogP) is -0.527. The number of rotatable bonds is 1. The van der Waals surface area contributed by atoms with Crippen LogP contribution in [-0.4, -0.2) is 51.8 Å². The summed E-state index contributed by atoms with van der Waals surface area (Å²) in [5.41, 5.74) is 0. The largest absolute Gasteiger partial charge is 0.387 e. The Balaban J connectivity index is 2.33. The number of hydrogen-bond donors (Lipinski definition) is 1. The summed E-state index contributed by atoms with van der Waals surface area (Å²) >= 11 is 2.24. The molecule has 0 bridgehead atoms. The van der Waals surface area contributed by atoms with Crippen molar-refractivity contribution in [2.24, 2.45) is 0 Å². The number of aliphatic hydroxyl groups excluding tert-OH is 1. The molecule has 4 nitrogen and oxygen atoms in total. The van der Waals surface area contributed by atoms with Gasteiger partial charge in [0, 0.05) is 49.0 Å². The molecule has 5 heteroatoms. The fourth-order valence-electron chi connectivity index (χ4n) is 1.03. The van der Waals surface area contributed by atoms with Gasteiger partial charge in [0.2, 0.25) is 5.91 Å². The van der Waals surface area contributed by atoms with E-state index in [0.29, 0.717) is 0 Å². The molecule has 0 aromatic rings. The van der Waals surface area contributed by atoms with Gasteiger partial charge >= 0.3 is 0 Å². The van der Waals surface area contributed by atoms with Crippen LogP contribution in [0.4, 0.5) is 0 Å². The van der Waals surface area contributed by atoms with Crippen LogP contribution in [0.15, 0.2) is 0 Å². The number of hydrogen-bond acceptors (Lipinski definition) is 3. The molecule has 64 valence electrons. The first kappa shape index (κ1) is 9.21. The van der Waals surface area contributed by atoms with Gasteiger partial charge in [-0.1, -0.05) is 0 Å². The van der Waals surface area contributed by atoms with Crippen LogP contribution in [0.3, 0.4) is 0 Å². The van der Waals surface area contributed by atoms with E-state index in [4.69, 9.17) is 5.11 Å². The van der Waals surface area contributed by atoms with Gasteiger partial charge in [0.15, 0.2) is 0 Å². The van der Waals surface area contributed by atoms with Crippen LogP contribution < -0.4 is 0 Å². The third-order valence-electron chi connectivity index (χ3n) is 1.71.